The van der Waals surface area contributed by atoms with Gasteiger partial charge in [-0.1, -0.05) is 48.5 Å². The van der Waals surface area contributed by atoms with Crippen molar-refractivity contribution >= 4 is 17.5 Å². The van der Waals surface area contributed by atoms with Crippen LogP contribution in [-0.2, 0) is 6.42 Å². The van der Waals surface area contributed by atoms with E-state index in [9.17, 15) is 9.59 Å². The number of rotatable bonds is 4. The smallest absolute Gasteiger partial charge is 0.277 e. The number of amides is 2. The van der Waals surface area contributed by atoms with Crippen molar-refractivity contribution in [1.29, 1.82) is 0 Å². The molecular weight excluding hydrogens is 362 g/mol. The van der Waals surface area contributed by atoms with Crippen molar-refractivity contribution in [2.45, 2.75) is 32.4 Å². The number of para-hydroxylation sites is 1. The number of carbonyl (C=O) groups is 2. The number of fused-ring (bicyclic) bond motifs is 1. The zero-order valence-electron chi connectivity index (χ0n) is 16.5. The fourth-order valence-corrected chi connectivity index (χ4v) is 3.79. The Balaban J connectivity index is 1.54. The largest absolute Gasteiger partial charge is 0.346 e. The average molecular weight is 385 g/mol. The average Bonchev–Trinajstić information content (AvgIpc) is 3.09. The van der Waals surface area contributed by atoms with Crippen LogP contribution in [0.4, 0.5) is 5.69 Å². The first-order valence-electron chi connectivity index (χ1n) is 9.78. The molecule has 0 spiro atoms. The van der Waals surface area contributed by atoms with Crippen molar-refractivity contribution < 1.29 is 9.59 Å². The number of carbonyl (C=O) groups excluding carboxylic acids is 2. The lowest BCUT2D eigenvalue weighted by Crippen LogP contribution is -2.36. The second kappa shape index (κ2) is 7.87. The number of nitrogens with zero attached hydrogens (tertiary/aromatic N) is 2. The molecule has 0 fully saturated rings. The molecule has 1 aliphatic heterocycles. The molecule has 146 valence electrons. The Morgan fingerprint density at radius 2 is 1.79 bits per heavy atom. The lowest BCUT2D eigenvalue weighted by atomic mass is 10.1. The van der Waals surface area contributed by atoms with Gasteiger partial charge >= 0.3 is 0 Å². The number of aromatic nitrogens is 1. The molecule has 4 rings (SSSR count). The monoisotopic (exact) mass is 385 g/mol. The van der Waals surface area contributed by atoms with E-state index in [0.29, 0.717) is 5.56 Å². The minimum Gasteiger partial charge on any atom is -0.346 e. The van der Waals surface area contributed by atoms with Crippen LogP contribution in [0.2, 0.25) is 0 Å². The lowest BCUT2D eigenvalue weighted by Gasteiger charge is -2.22. The fourth-order valence-electron chi connectivity index (χ4n) is 3.79. The van der Waals surface area contributed by atoms with Crippen LogP contribution < -0.4 is 10.2 Å². The van der Waals surface area contributed by atoms with Gasteiger partial charge in [0, 0.05) is 23.5 Å². The quantitative estimate of drug-likeness (QED) is 0.733. The summed E-state index contributed by atoms with van der Waals surface area (Å²) in [7, 11) is 0. The molecule has 1 aliphatic rings. The Morgan fingerprint density at radius 1 is 1.07 bits per heavy atom. The molecule has 2 aromatic carbocycles. The molecule has 3 aromatic rings. The van der Waals surface area contributed by atoms with Gasteiger partial charge in [-0.05, 0) is 49.6 Å². The van der Waals surface area contributed by atoms with Crippen molar-refractivity contribution in [3.8, 4) is 0 Å². The van der Waals surface area contributed by atoms with E-state index in [2.05, 4.69) is 10.3 Å². The predicted octanol–water partition coefficient (Wildman–Crippen LogP) is 4.16. The molecule has 2 amide bonds. The molecule has 2 atom stereocenters. The van der Waals surface area contributed by atoms with Gasteiger partial charge in [0.25, 0.3) is 11.8 Å². The third-order valence-electron chi connectivity index (χ3n) is 5.31. The van der Waals surface area contributed by atoms with Gasteiger partial charge in [-0.15, -0.1) is 0 Å². The van der Waals surface area contributed by atoms with Crippen molar-refractivity contribution in [3.05, 3.63) is 95.3 Å². The minimum absolute atomic E-state index is 0.0530. The van der Waals surface area contributed by atoms with E-state index in [1.54, 1.807) is 17.0 Å². The van der Waals surface area contributed by atoms with Gasteiger partial charge in [-0.2, -0.15) is 0 Å². The molecule has 1 N–H and O–H groups in total. The highest BCUT2D eigenvalue weighted by Gasteiger charge is 2.32. The van der Waals surface area contributed by atoms with Gasteiger partial charge in [0.15, 0.2) is 0 Å². The zero-order chi connectivity index (χ0) is 20.4. The van der Waals surface area contributed by atoms with Crippen LogP contribution in [0, 0.1) is 0 Å². The maximum Gasteiger partial charge on any atom is 0.277 e. The van der Waals surface area contributed by atoms with Gasteiger partial charge in [-0.3, -0.25) is 14.6 Å². The topological polar surface area (TPSA) is 62.3 Å². The second-order valence-corrected chi connectivity index (χ2v) is 7.39. The van der Waals surface area contributed by atoms with Crippen LogP contribution in [0.3, 0.4) is 0 Å². The summed E-state index contributed by atoms with van der Waals surface area (Å²) in [6.45, 7) is 3.96. The number of pyridine rings is 1. The van der Waals surface area contributed by atoms with E-state index in [4.69, 9.17) is 0 Å². The third-order valence-corrected chi connectivity index (χ3v) is 5.31. The Labute approximate surface area is 170 Å². The summed E-state index contributed by atoms with van der Waals surface area (Å²) in [6.07, 6.45) is 2.33. The van der Waals surface area contributed by atoms with Crippen LogP contribution >= 0.6 is 0 Å². The molecule has 5 heteroatoms. The van der Waals surface area contributed by atoms with Gasteiger partial charge in [-0.25, -0.2) is 0 Å². The number of anilines is 1. The molecule has 0 saturated heterocycles. The van der Waals surface area contributed by atoms with E-state index < -0.39 is 0 Å². The van der Waals surface area contributed by atoms with Gasteiger partial charge in [0.1, 0.15) is 5.69 Å². The molecule has 5 nitrogen and oxygen atoms in total. The Bertz CT molecular complexity index is 1050. The number of nitrogens with one attached hydrogen (secondary N) is 1. The molecule has 2 heterocycles. The predicted molar refractivity (Wildman–Crippen MR) is 113 cm³/mol. The van der Waals surface area contributed by atoms with Gasteiger partial charge < -0.3 is 10.2 Å². The van der Waals surface area contributed by atoms with Crippen molar-refractivity contribution in [3.63, 3.8) is 0 Å². The molecule has 0 radical (unpaired) electrons. The van der Waals surface area contributed by atoms with Gasteiger partial charge in [0.2, 0.25) is 0 Å². The molecule has 2 unspecified atom stereocenters. The third kappa shape index (κ3) is 3.76. The highest BCUT2D eigenvalue weighted by Crippen LogP contribution is 2.32. The first kappa shape index (κ1) is 18.9. The maximum atomic E-state index is 13.2. The van der Waals surface area contributed by atoms with Crippen molar-refractivity contribution in [2.75, 3.05) is 4.90 Å². The standard InChI is InChI=1S/C24H23N3O2/c1-16-14-19-10-6-7-11-22(19)27(16)24(29)21-15-20(12-13-25-21)23(28)26-17(2)18-8-4-3-5-9-18/h3-13,15-17H,14H2,1-2H3,(H,26,28). The SMILES string of the molecule is CC(NC(=O)c1ccnc(C(=O)N2c3ccccc3CC2C)c1)c1ccccc1. The van der Waals surface area contributed by atoms with Crippen molar-refractivity contribution in [1.82, 2.24) is 10.3 Å². The molecule has 0 aliphatic carbocycles. The van der Waals surface area contributed by atoms with Crippen LogP contribution in [0.1, 0.15) is 51.9 Å². The zero-order valence-corrected chi connectivity index (χ0v) is 16.5. The molecule has 0 saturated carbocycles. The summed E-state index contributed by atoms with van der Waals surface area (Å²) in [6, 6.07) is 20.8. The Kier molecular flexibility index (Phi) is 5.12. The van der Waals surface area contributed by atoms with E-state index in [-0.39, 0.29) is 29.6 Å². The highest BCUT2D eigenvalue weighted by atomic mass is 16.2. The summed E-state index contributed by atoms with van der Waals surface area (Å²) in [4.78, 5) is 31.9. The first-order chi connectivity index (χ1) is 14.0. The summed E-state index contributed by atoms with van der Waals surface area (Å²) >= 11 is 0. The normalized spacial score (nSPS) is 16.2. The number of hydrogen-bond donors (Lipinski definition) is 1. The molecule has 0 bridgehead atoms. The highest BCUT2D eigenvalue weighted by molar-refractivity contribution is 6.07. The Hall–Kier alpha value is -3.47. The first-order valence-corrected chi connectivity index (χ1v) is 9.78. The molecule has 29 heavy (non-hydrogen) atoms. The van der Waals surface area contributed by atoms with Gasteiger partial charge in [0.05, 0.1) is 6.04 Å². The van der Waals surface area contributed by atoms with E-state index >= 15 is 0 Å². The number of benzene rings is 2. The van der Waals surface area contributed by atoms with Crippen LogP contribution in [0.5, 0.6) is 0 Å². The van der Waals surface area contributed by atoms with E-state index in [0.717, 1.165) is 23.2 Å². The van der Waals surface area contributed by atoms with Crippen molar-refractivity contribution in [2.24, 2.45) is 0 Å². The summed E-state index contributed by atoms with van der Waals surface area (Å²) in [5.74, 6) is -0.416. The Morgan fingerprint density at radius 3 is 2.59 bits per heavy atom. The van der Waals surface area contributed by atoms with Crippen LogP contribution in [-0.4, -0.2) is 22.8 Å². The molecule has 1 aromatic heterocycles. The second-order valence-electron chi connectivity index (χ2n) is 7.39. The summed E-state index contributed by atoms with van der Waals surface area (Å²) < 4.78 is 0. The van der Waals surface area contributed by atoms with E-state index in [1.165, 1.54) is 6.20 Å². The van der Waals surface area contributed by atoms with Crippen LogP contribution in [0.25, 0.3) is 0 Å². The number of hydrogen-bond acceptors (Lipinski definition) is 3. The maximum absolute atomic E-state index is 13.2. The summed E-state index contributed by atoms with van der Waals surface area (Å²) in [5, 5.41) is 2.98. The molecular formula is C24H23N3O2. The summed E-state index contributed by atoms with van der Waals surface area (Å²) in [5.41, 5.74) is 3.78. The van der Waals surface area contributed by atoms with Crippen LogP contribution in [0.15, 0.2) is 72.9 Å². The van der Waals surface area contributed by atoms with E-state index in [1.807, 2.05) is 68.4 Å². The minimum atomic E-state index is -0.229. The lowest BCUT2D eigenvalue weighted by molar-refractivity contribution is 0.0939. The fraction of sp³-hybridized carbons (Fsp3) is 0.208.